The van der Waals surface area contributed by atoms with E-state index in [4.69, 9.17) is 15.9 Å². The van der Waals surface area contributed by atoms with Gasteiger partial charge in [0.15, 0.2) is 0 Å². The molecule has 5 nitrogen and oxygen atoms in total. The molecule has 3 N–H and O–H groups in total. The summed E-state index contributed by atoms with van der Waals surface area (Å²) in [6.07, 6.45) is 2.59. The van der Waals surface area contributed by atoms with E-state index in [2.05, 4.69) is 16.9 Å². The van der Waals surface area contributed by atoms with Crippen LogP contribution in [0.25, 0.3) is 0 Å². The maximum absolute atomic E-state index is 7.63. The SMILES string of the molecule is Cc1cc(OCCN(C)C2CC2)c(C(=N)N)c(C)n1. The van der Waals surface area contributed by atoms with Gasteiger partial charge in [0.2, 0.25) is 0 Å². The molecule has 19 heavy (non-hydrogen) atoms. The molecule has 2 rings (SSSR count). The first kappa shape index (κ1) is 13.8. The van der Waals surface area contributed by atoms with Gasteiger partial charge in [0, 0.05) is 24.3 Å². The van der Waals surface area contributed by atoms with Crippen LogP contribution in [0.5, 0.6) is 5.75 Å². The van der Waals surface area contributed by atoms with Gasteiger partial charge in [-0.1, -0.05) is 0 Å². The first-order valence-electron chi connectivity index (χ1n) is 6.64. The summed E-state index contributed by atoms with van der Waals surface area (Å²) < 4.78 is 5.81. The molecule has 0 saturated heterocycles. The lowest BCUT2D eigenvalue weighted by atomic mass is 10.1. The summed E-state index contributed by atoms with van der Waals surface area (Å²) in [5, 5.41) is 7.63. The molecule has 1 saturated carbocycles. The third-order valence-electron chi connectivity index (χ3n) is 3.43. The number of hydrogen-bond donors (Lipinski definition) is 2. The quantitative estimate of drug-likeness (QED) is 0.601. The zero-order valence-corrected chi connectivity index (χ0v) is 11.9. The molecule has 1 aromatic rings. The minimum atomic E-state index is 0.00977. The lowest BCUT2D eigenvalue weighted by molar-refractivity contribution is 0.231. The molecule has 1 fully saturated rings. The Morgan fingerprint density at radius 1 is 1.53 bits per heavy atom. The van der Waals surface area contributed by atoms with Crippen LogP contribution in [0.4, 0.5) is 0 Å². The summed E-state index contributed by atoms with van der Waals surface area (Å²) in [5.41, 5.74) is 7.85. The molecule has 0 radical (unpaired) electrons. The highest BCUT2D eigenvalue weighted by Crippen LogP contribution is 2.25. The van der Waals surface area contributed by atoms with Crippen LogP contribution < -0.4 is 10.5 Å². The van der Waals surface area contributed by atoms with E-state index in [0.29, 0.717) is 17.9 Å². The highest BCUT2D eigenvalue weighted by molar-refractivity contribution is 5.98. The van der Waals surface area contributed by atoms with Crippen molar-refractivity contribution in [3.8, 4) is 5.75 Å². The third kappa shape index (κ3) is 3.44. The van der Waals surface area contributed by atoms with Gasteiger partial charge in [0.05, 0.1) is 11.3 Å². The van der Waals surface area contributed by atoms with Crippen LogP contribution in [-0.2, 0) is 0 Å². The van der Waals surface area contributed by atoms with Gasteiger partial charge in [-0.15, -0.1) is 0 Å². The van der Waals surface area contributed by atoms with E-state index in [1.165, 1.54) is 12.8 Å². The maximum Gasteiger partial charge on any atom is 0.133 e. The van der Waals surface area contributed by atoms with Crippen LogP contribution in [0, 0.1) is 19.3 Å². The standard InChI is InChI=1S/C14H22N4O/c1-9-8-12(13(14(15)16)10(2)17-9)19-7-6-18(3)11-4-5-11/h8,11H,4-7H2,1-3H3,(H3,15,16). The lowest BCUT2D eigenvalue weighted by Gasteiger charge is -2.18. The van der Waals surface area contributed by atoms with Gasteiger partial charge < -0.3 is 15.4 Å². The zero-order chi connectivity index (χ0) is 14.0. The average Bonchev–Trinajstić information content (AvgIpc) is 3.10. The summed E-state index contributed by atoms with van der Waals surface area (Å²) in [6, 6.07) is 2.58. The predicted molar refractivity (Wildman–Crippen MR) is 75.9 cm³/mol. The monoisotopic (exact) mass is 262 g/mol. The van der Waals surface area contributed by atoms with Gasteiger partial charge in [-0.2, -0.15) is 0 Å². The van der Waals surface area contributed by atoms with E-state index in [0.717, 1.165) is 24.0 Å². The van der Waals surface area contributed by atoms with Crippen LogP contribution in [0.15, 0.2) is 6.07 Å². The van der Waals surface area contributed by atoms with Gasteiger partial charge in [-0.05, 0) is 33.7 Å². The Bertz CT molecular complexity index is 483. The summed E-state index contributed by atoms with van der Waals surface area (Å²) >= 11 is 0. The Hall–Kier alpha value is -1.62. The topological polar surface area (TPSA) is 75.2 Å². The van der Waals surface area contributed by atoms with Crippen LogP contribution in [0.3, 0.4) is 0 Å². The minimum absolute atomic E-state index is 0.00977. The second-order valence-electron chi connectivity index (χ2n) is 5.20. The lowest BCUT2D eigenvalue weighted by Crippen LogP contribution is -2.27. The van der Waals surface area contributed by atoms with Gasteiger partial charge in [-0.25, -0.2) is 0 Å². The number of nitrogens with one attached hydrogen (secondary N) is 1. The van der Waals surface area contributed by atoms with E-state index >= 15 is 0 Å². The Balaban J connectivity index is 2.03. The van der Waals surface area contributed by atoms with Gasteiger partial charge in [0.1, 0.15) is 18.2 Å². The molecular formula is C14H22N4O. The van der Waals surface area contributed by atoms with Crippen molar-refractivity contribution < 1.29 is 4.74 Å². The summed E-state index contributed by atoms with van der Waals surface area (Å²) in [5.74, 6) is 0.678. The highest BCUT2D eigenvalue weighted by atomic mass is 16.5. The van der Waals surface area contributed by atoms with Crippen molar-refractivity contribution in [3.05, 3.63) is 23.0 Å². The number of likely N-dealkylation sites (N-methyl/N-ethyl adjacent to an activating group) is 1. The number of hydrogen-bond acceptors (Lipinski definition) is 4. The van der Waals surface area contributed by atoms with Crippen molar-refractivity contribution in [2.75, 3.05) is 20.2 Å². The number of aryl methyl sites for hydroxylation is 2. The predicted octanol–water partition coefficient (Wildman–Crippen LogP) is 1.46. The van der Waals surface area contributed by atoms with Crippen molar-refractivity contribution in [2.24, 2.45) is 5.73 Å². The average molecular weight is 262 g/mol. The van der Waals surface area contributed by atoms with Crippen LogP contribution in [0.2, 0.25) is 0 Å². The largest absolute Gasteiger partial charge is 0.491 e. The van der Waals surface area contributed by atoms with E-state index < -0.39 is 0 Å². The molecule has 0 aromatic carbocycles. The first-order chi connectivity index (χ1) is 8.99. The molecular weight excluding hydrogens is 240 g/mol. The Morgan fingerprint density at radius 3 is 2.79 bits per heavy atom. The smallest absolute Gasteiger partial charge is 0.133 e. The van der Waals surface area contributed by atoms with Crippen molar-refractivity contribution in [1.82, 2.24) is 9.88 Å². The van der Waals surface area contributed by atoms with Crippen LogP contribution in [0.1, 0.15) is 29.8 Å². The van der Waals surface area contributed by atoms with Crippen LogP contribution in [-0.4, -0.2) is 42.0 Å². The van der Waals surface area contributed by atoms with Gasteiger partial charge in [0.25, 0.3) is 0 Å². The molecule has 0 amide bonds. The first-order valence-corrected chi connectivity index (χ1v) is 6.64. The molecule has 5 heteroatoms. The van der Waals surface area contributed by atoms with E-state index in [9.17, 15) is 0 Å². The molecule has 1 heterocycles. The van der Waals surface area contributed by atoms with Gasteiger partial charge >= 0.3 is 0 Å². The molecule has 1 aromatic heterocycles. The number of pyridine rings is 1. The Labute approximate surface area is 114 Å². The second-order valence-corrected chi connectivity index (χ2v) is 5.20. The normalized spacial score (nSPS) is 14.7. The summed E-state index contributed by atoms with van der Waals surface area (Å²) in [4.78, 5) is 6.64. The van der Waals surface area contributed by atoms with Crippen molar-refractivity contribution in [1.29, 1.82) is 5.41 Å². The molecule has 104 valence electrons. The number of ether oxygens (including phenoxy) is 1. The van der Waals surface area contributed by atoms with Crippen LogP contribution >= 0.6 is 0 Å². The number of amidine groups is 1. The molecule has 0 atom stereocenters. The summed E-state index contributed by atoms with van der Waals surface area (Å²) in [6.45, 7) is 5.27. The van der Waals surface area contributed by atoms with Gasteiger partial charge in [-0.3, -0.25) is 10.4 Å². The number of nitrogen functional groups attached to an aromatic ring is 1. The third-order valence-corrected chi connectivity index (χ3v) is 3.43. The van der Waals surface area contributed by atoms with E-state index in [1.54, 1.807) is 0 Å². The summed E-state index contributed by atoms with van der Waals surface area (Å²) in [7, 11) is 2.12. The second kappa shape index (κ2) is 5.57. The fraction of sp³-hybridized carbons (Fsp3) is 0.571. The fourth-order valence-corrected chi connectivity index (χ4v) is 2.23. The van der Waals surface area contributed by atoms with E-state index in [-0.39, 0.29) is 5.84 Å². The molecule has 0 bridgehead atoms. The molecule has 0 unspecified atom stereocenters. The molecule has 1 aliphatic rings. The van der Waals surface area contributed by atoms with Crippen molar-refractivity contribution in [2.45, 2.75) is 32.7 Å². The molecule has 1 aliphatic carbocycles. The maximum atomic E-state index is 7.63. The van der Waals surface area contributed by atoms with Crippen molar-refractivity contribution in [3.63, 3.8) is 0 Å². The molecule has 0 spiro atoms. The number of aromatic nitrogens is 1. The van der Waals surface area contributed by atoms with Crippen molar-refractivity contribution >= 4 is 5.84 Å². The minimum Gasteiger partial charge on any atom is -0.491 e. The number of nitrogens with zero attached hydrogens (tertiary/aromatic N) is 2. The Morgan fingerprint density at radius 2 is 2.21 bits per heavy atom. The number of nitrogens with two attached hydrogens (primary N) is 1. The van der Waals surface area contributed by atoms with E-state index in [1.807, 2.05) is 19.9 Å². The Kier molecular flexibility index (Phi) is 4.04. The fourth-order valence-electron chi connectivity index (χ4n) is 2.23. The number of rotatable bonds is 6. The zero-order valence-electron chi connectivity index (χ0n) is 11.9. The highest BCUT2D eigenvalue weighted by Gasteiger charge is 2.25. The molecule has 0 aliphatic heterocycles.